The monoisotopic (exact) mass is 417 g/mol. The van der Waals surface area contributed by atoms with E-state index in [0.717, 1.165) is 30.3 Å². The van der Waals surface area contributed by atoms with Crippen LogP contribution in [0, 0.1) is 5.82 Å². The lowest BCUT2D eigenvalue weighted by atomic mass is 9.98. The molecule has 0 N–H and O–H groups in total. The van der Waals surface area contributed by atoms with E-state index in [1.165, 1.54) is 19.3 Å². The van der Waals surface area contributed by atoms with E-state index in [0.29, 0.717) is 18.7 Å². The first-order valence-corrected chi connectivity index (χ1v) is 10.6. The Morgan fingerprint density at radius 3 is 2.59 bits per heavy atom. The van der Waals surface area contributed by atoms with Crippen LogP contribution in [0.4, 0.5) is 4.39 Å². The highest BCUT2D eigenvalue weighted by Crippen LogP contribution is 2.26. The molecule has 1 saturated heterocycles. The number of nitrogens with zero attached hydrogens (tertiary/aromatic N) is 3. The molecular weight excluding hydrogens is 389 g/mol. The second-order valence-electron chi connectivity index (χ2n) is 8.22. The first-order valence-electron chi connectivity index (χ1n) is 9.74. The van der Waals surface area contributed by atoms with Crippen molar-refractivity contribution in [3.63, 3.8) is 0 Å². The van der Waals surface area contributed by atoms with Crippen molar-refractivity contribution < 1.29 is 13.9 Å². The van der Waals surface area contributed by atoms with Crippen molar-refractivity contribution >= 4 is 23.3 Å². The number of hydrogen-bond acceptors (Lipinski definition) is 5. The molecule has 156 valence electrons. The van der Waals surface area contributed by atoms with Gasteiger partial charge < -0.3 is 9.64 Å². The summed E-state index contributed by atoms with van der Waals surface area (Å²) < 4.78 is 18.7. The number of benzene rings is 1. The second kappa shape index (κ2) is 9.05. The van der Waals surface area contributed by atoms with E-state index in [1.54, 1.807) is 29.5 Å². The van der Waals surface area contributed by atoms with Crippen LogP contribution < -0.4 is 4.74 Å². The summed E-state index contributed by atoms with van der Waals surface area (Å²) in [5.41, 5.74) is 1.81. The van der Waals surface area contributed by atoms with Gasteiger partial charge >= 0.3 is 0 Å². The summed E-state index contributed by atoms with van der Waals surface area (Å²) in [7, 11) is 1.43. The van der Waals surface area contributed by atoms with Crippen LogP contribution >= 0.6 is 11.3 Å². The van der Waals surface area contributed by atoms with Gasteiger partial charge in [-0.05, 0) is 23.8 Å². The Balaban J connectivity index is 1.50. The summed E-state index contributed by atoms with van der Waals surface area (Å²) in [5, 5.41) is 3.29. The van der Waals surface area contributed by atoms with E-state index < -0.39 is 5.82 Å². The lowest BCUT2D eigenvalue weighted by molar-refractivity contribution is -0.127. The van der Waals surface area contributed by atoms with Crippen molar-refractivity contribution in [1.82, 2.24) is 14.8 Å². The van der Waals surface area contributed by atoms with Gasteiger partial charge in [0.1, 0.15) is 0 Å². The highest BCUT2D eigenvalue weighted by molar-refractivity contribution is 7.09. The molecule has 2 heterocycles. The minimum Gasteiger partial charge on any atom is -0.494 e. The number of aromatic nitrogens is 1. The molecule has 3 rings (SSSR count). The van der Waals surface area contributed by atoms with Crippen LogP contribution in [0.15, 0.2) is 29.7 Å². The first kappa shape index (κ1) is 21.5. The minimum absolute atomic E-state index is 0.0513. The summed E-state index contributed by atoms with van der Waals surface area (Å²) in [5.74, 6) is -0.295. The number of amides is 1. The number of carbonyl (C=O) groups excluding carboxylic acids is 1. The van der Waals surface area contributed by atoms with Gasteiger partial charge in [0.05, 0.1) is 17.8 Å². The smallest absolute Gasteiger partial charge is 0.246 e. The molecule has 1 aromatic heterocycles. The highest BCUT2D eigenvalue weighted by Gasteiger charge is 2.22. The van der Waals surface area contributed by atoms with Gasteiger partial charge in [-0.25, -0.2) is 9.37 Å². The predicted molar refractivity (Wildman–Crippen MR) is 115 cm³/mol. The summed E-state index contributed by atoms with van der Waals surface area (Å²) in [6.45, 7) is 10.3. The number of rotatable bonds is 5. The maximum atomic E-state index is 13.8. The molecule has 0 radical (unpaired) electrons. The van der Waals surface area contributed by atoms with Crippen LogP contribution in [-0.2, 0) is 16.8 Å². The highest BCUT2D eigenvalue weighted by atomic mass is 32.1. The van der Waals surface area contributed by atoms with Crippen molar-refractivity contribution in [2.45, 2.75) is 32.7 Å². The van der Waals surface area contributed by atoms with Gasteiger partial charge in [-0.2, -0.15) is 0 Å². The Kier molecular flexibility index (Phi) is 6.70. The molecule has 1 aromatic carbocycles. The van der Waals surface area contributed by atoms with Crippen molar-refractivity contribution in [3.05, 3.63) is 51.7 Å². The van der Waals surface area contributed by atoms with Crippen molar-refractivity contribution in [2.75, 3.05) is 33.3 Å². The Bertz CT molecular complexity index is 880. The summed E-state index contributed by atoms with van der Waals surface area (Å²) in [6.07, 6.45) is 3.15. The Morgan fingerprint density at radius 1 is 1.28 bits per heavy atom. The normalized spacial score (nSPS) is 15.8. The molecule has 0 aliphatic carbocycles. The summed E-state index contributed by atoms with van der Waals surface area (Å²) in [4.78, 5) is 21.4. The predicted octanol–water partition coefficient (Wildman–Crippen LogP) is 3.95. The Labute approximate surface area is 175 Å². The average molecular weight is 418 g/mol. The van der Waals surface area contributed by atoms with Crippen LogP contribution in [0.3, 0.4) is 0 Å². The zero-order valence-electron chi connectivity index (χ0n) is 17.4. The lowest BCUT2D eigenvalue weighted by Crippen LogP contribution is -2.47. The van der Waals surface area contributed by atoms with Crippen LogP contribution in [0.2, 0.25) is 0 Å². The van der Waals surface area contributed by atoms with Crippen molar-refractivity contribution in [2.24, 2.45) is 0 Å². The molecule has 5 nitrogen and oxygen atoms in total. The van der Waals surface area contributed by atoms with E-state index in [-0.39, 0.29) is 17.1 Å². The van der Waals surface area contributed by atoms with Crippen LogP contribution in [-0.4, -0.2) is 54.0 Å². The molecule has 29 heavy (non-hydrogen) atoms. The van der Waals surface area contributed by atoms with E-state index in [9.17, 15) is 9.18 Å². The summed E-state index contributed by atoms with van der Waals surface area (Å²) >= 11 is 1.71. The fraction of sp³-hybridized carbons (Fsp3) is 0.455. The van der Waals surface area contributed by atoms with Gasteiger partial charge in [-0.15, -0.1) is 11.3 Å². The quantitative estimate of drug-likeness (QED) is 0.691. The third kappa shape index (κ3) is 5.64. The zero-order chi connectivity index (χ0) is 21.0. The van der Waals surface area contributed by atoms with E-state index in [2.05, 4.69) is 31.1 Å². The van der Waals surface area contributed by atoms with E-state index >= 15 is 0 Å². The Hall–Kier alpha value is -2.25. The van der Waals surface area contributed by atoms with Gasteiger partial charge in [0.25, 0.3) is 0 Å². The number of thiazole rings is 1. The number of hydrogen-bond donors (Lipinski definition) is 0. The second-order valence-corrected chi connectivity index (χ2v) is 9.08. The number of methoxy groups -OCH3 is 1. The zero-order valence-corrected chi connectivity index (χ0v) is 18.3. The molecule has 0 bridgehead atoms. The molecule has 0 spiro atoms. The topological polar surface area (TPSA) is 45.7 Å². The fourth-order valence-electron chi connectivity index (χ4n) is 3.14. The maximum absolute atomic E-state index is 13.8. The van der Waals surface area contributed by atoms with Crippen LogP contribution in [0.1, 0.15) is 37.0 Å². The van der Waals surface area contributed by atoms with E-state index in [4.69, 9.17) is 9.72 Å². The summed E-state index contributed by atoms with van der Waals surface area (Å²) in [6, 6.07) is 4.64. The first-order chi connectivity index (χ1) is 13.8. The number of carbonyl (C=O) groups is 1. The molecule has 7 heteroatoms. The number of ether oxygens (including phenoxy) is 1. The Morgan fingerprint density at radius 2 is 2.00 bits per heavy atom. The SMILES string of the molecule is COc1ccc(/C=C/C(=O)N2CCN(Cc3csc(C(C)(C)C)n3)CC2)cc1F. The number of piperazine rings is 1. The molecule has 1 fully saturated rings. The van der Waals surface area contributed by atoms with E-state index in [1.807, 2.05) is 4.90 Å². The molecule has 1 aliphatic rings. The van der Waals surface area contributed by atoms with Gasteiger partial charge in [-0.1, -0.05) is 26.8 Å². The molecule has 0 atom stereocenters. The van der Waals surface area contributed by atoms with Gasteiger partial charge in [0.2, 0.25) is 5.91 Å². The molecule has 1 amide bonds. The van der Waals surface area contributed by atoms with Gasteiger partial charge in [-0.3, -0.25) is 9.69 Å². The average Bonchev–Trinajstić information content (AvgIpc) is 3.16. The van der Waals surface area contributed by atoms with Crippen molar-refractivity contribution in [3.8, 4) is 5.75 Å². The number of halogens is 1. The lowest BCUT2D eigenvalue weighted by Gasteiger charge is -2.33. The maximum Gasteiger partial charge on any atom is 0.246 e. The van der Waals surface area contributed by atoms with Crippen molar-refractivity contribution in [1.29, 1.82) is 0 Å². The fourth-order valence-corrected chi connectivity index (χ4v) is 4.04. The standard InChI is InChI=1S/C22H28FN3O2S/c1-22(2,3)21-24-17(15-29-21)14-25-9-11-26(12-10-25)20(27)8-6-16-5-7-19(28-4)18(23)13-16/h5-8,13,15H,9-12,14H2,1-4H3/b8-6+. The molecule has 0 unspecified atom stereocenters. The molecule has 2 aromatic rings. The minimum atomic E-state index is -0.438. The third-order valence-electron chi connectivity index (χ3n) is 4.86. The third-order valence-corrected chi connectivity index (χ3v) is 6.17. The molecule has 0 saturated carbocycles. The molecular formula is C22H28FN3O2S. The van der Waals surface area contributed by atoms with Crippen LogP contribution in [0.5, 0.6) is 5.75 Å². The van der Waals surface area contributed by atoms with Gasteiger partial charge in [0, 0.05) is 49.6 Å². The largest absolute Gasteiger partial charge is 0.494 e. The van der Waals surface area contributed by atoms with Crippen LogP contribution in [0.25, 0.3) is 6.08 Å². The molecule has 1 aliphatic heterocycles. The van der Waals surface area contributed by atoms with Gasteiger partial charge in [0.15, 0.2) is 11.6 Å².